The number of halogens is 5. The summed E-state index contributed by atoms with van der Waals surface area (Å²) in [5.74, 6) is -5.90. The number of hydrogen-bond acceptors (Lipinski definition) is 1. The van der Waals surface area contributed by atoms with Gasteiger partial charge in [-0.2, -0.15) is 0 Å². The molecule has 0 spiro atoms. The van der Waals surface area contributed by atoms with E-state index in [0.717, 1.165) is 0 Å². The molecule has 22 heavy (non-hydrogen) atoms. The number of carbonyl (C=O) groups is 1. The van der Waals surface area contributed by atoms with Crippen LogP contribution >= 0.6 is 0 Å². The molecule has 0 unspecified atom stereocenters. The first-order chi connectivity index (χ1) is 10.3. The first kappa shape index (κ1) is 16.1. The van der Waals surface area contributed by atoms with Crippen LogP contribution in [0.2, 0.25) is 0 Å². The summed E-state index contributed by atoms with van der Waals surface area (Å²) in [6, 6.07) is 2.79. The van der Waals surface area contributed by atoms with E-state index in [1.807, 2.05) is 0 Å². The highest BCUT2D eigenvalue weighted by Crippen LogP contribution is 2.18. The summed E-state index contributed by atoms with van der Waals surface area (Å²) < 4.78 is 66.0. The lowest BCUT2D eigenvalue weighted by atomic mass is 10.0. The fourth-order valence-corrected chi connectivity index (χ4v) is 2.04. The van der Waals surface area contributed by atoms with E-state index >= 15 is 0 Å². The maximum atomic E-state index is 13.6. The first-order valence-corrected chi connectivity index (χ1v) is 6.37. The predicted molar refractivity (Wildman–Crippen MR) is 69.8 cm³/mol. The van der Waals surface area contributed by atoms with Crippen LogP contribution < -0.4 is 0 Å². The van der Waals surface area contributed by atoms with E-state index in [9.17, 15) is 26.7 Å². The molecule has 0 atom stereocenters. The van der Waals surface area contributed by atoms with Crippen LogP contribution in [-0.4, -0.2) is 5.78 Å². The van der Waals surface area contributed by atoms with Crippen LogP contribution in [0.3, 0.4) is 0 Å². The maximum absolute atomic E-state index is 13.6. The van der Waals surface area contributed by atoms with Crippen LogP contribution in [0.5, 0.6) is 0 Å². The van der Waals surface area contributed by atoms with E-state index in [1.54, 1.807) is 0 Å². The third kappa shape index (κ3) is 3.50. The second kappa shape index (κ2) is 6.25. The van der Waals surface area contributed by atoms with Crippen molar-refractivity contribution in [2.24, 2.45) is 0 Å². The van der Waals surface area contributed by atoms with Gasteiger partial charge in [-0.15, -0.1) is 0 Å². The molecule has 0 aliphatic rings. The Hall–Kier alpha value is -2.24. The second-order valence-electron chi connectivity index (χ2n) is 4.94. The summed E-state index contributed by atoms with van der Waals surface area (Å²) in [5, 5.41) is 0. The average molecular weight is 314 g/mol. The normalized spacial score (nSPS) is 10.8. The summed E-state index contributed by atoms with van der Waals surface area (Å²) in [6.07, 6.45) is -0.912. The highest BCUT2D eigenvalue weighted by atomic mass is 19.2. The summed E-state index contributed by atoms with van der Waals surface area (Å²) in [7, 11) is 0. The highest BCUT2D eigenvalue weighted by molar-refractivity contribution is 5.83. The Kier molecular flexibility index (Phi) is 4.59. The largest absolute Gasteiger partial charge is 0.299 e. The lowest BCUT2D eigenvalue weighted by Crippen LogP contribution is -2.10. The molecule has 0 N–H and O–H groups in total. The number of aryl methyl sites for hydroxylation is 1. The van der Waals surface area contributed by atoms with Crippen molar-refractivity contribution < 1.29 is 26.7 Å². The van der Waals surface area contributed by atoms with Gasteiger partial charge in [-0.05, 0) is 35.7 Å². The van der Waals surface area contributed by atoms with E-state index in [-0.39, 0.29) is 16.7 Å². The molecule has 0 fully saturated rings. The Morgan fingerprint density at radius 2 is 1.18 bits per heavy atom. The van der Waals surface area contributed by atoms with Gasteiger partial charge in [-0.25, -0.2) is 22.0 Å². The van der Waals surface area contributed by atoms with Crippen LogP contribution in [0.25, 0.3) is 0 Å². The van der Waals surface area contributed by atoms with Gasteiger partial charge in [-0.1, -0.05) is 0 Å². The van der Waals surface area contributed by atoms with Crippen LogP contribution in [0.15, 0.2) is 24.3 Å². The molecule has 116 valence electrons. The highest BCUT2D eigenvalue weighted by Gasteiger charge is 2.16. The number of carbonyl (C=O) groups excluding carboxylic acids is 1. The summed E-state index contributed by atoms with van der Waals surface area (Å²) in [4.78, 5) is 11.8. The van der Waals surface area contributed by atoms with Crippen molar-refractivity contribution in [2.75, 3.05) is 0 Å². The van der Waals surface area contributed by atoms with Gasteiger partial charge in [0.25, 0.3) is 0 Å². The van der Waals surface area contributed by atoms with E-state index in [1.165, 1.54) is 13.0 Å². The molecule has 0 aliphatic carbocycles. The summed E-state index contributed by atoms with van der Waals surface area (Å²) in [6.45, 7) is 1.41. The zero-order chi connectivity index (χ0) is 16.4. The third-order valence-electron chi connectivity index (χ3n) is 3.19. The van der Waals surface area contributed by atoms with Gasteiger partial charge < -0.3 is 0 Å². The molecule has 2 rings (SSSR count). The van der Waals surface area contributed by atoms with Gasteiger partial charge >= 0.3 is 0 Å². The minimum absolute atomic E-state index is 0.0353. The second-order valence-corrected chi connectivity index (χ2v) is 4.94. The minimum Gasteiger partial charge on any atom is -0.299 e. The molecule has 0 aliphatic heterocycles. The molecule has 2 aromatic rings. The van der Waals surface area contributed by atoms with Crippen LogP contribution in [0, 0.1) is 36.0 Å². The third-order valence-corrected chi connectivity index (χ3v) is 3.19. The topological polar surface area (TPSA) is 17.1 Å². The van der Waals surface area contributed by atoms with E-state index in [0.29, 0.717) is 18.2 Å². The lowest BCUT2D eigenvalue weighted by molar-refractivity contribution is -0.117. The zero-order valence-electron chi connectivity index (χ0n) is 11.5. The monoisotopic (exact) mass is 314 g/mol. The quantitative estimate of drug-likeness (QED) is 0.615. The van der Waals surface area contributed by atoms with Gasteiger partial charge in [0.15, 0.2) is 11.6 Å². The van der Waals surface area contributed by atoms with Gasteiger partial charge in [0.1, 0.15) is 23.2 Å². The predicted octanol–water partition coefficient (Wildman–Crippen LogP) is 4.04. The van der Waals surface area contributed by atoms with Crippen molar-refractivity contribution in [1.82, 2.24) is 0 Å². The number of Topliss-reactive ketones (excluding diaryl/α,β-unsaturated/α-hetero) is 1. The maximum Gasteiger partial charge on any atom is 0.161 e. The number of benzene rings is 2. The van der Waals surface area contributed by atoms with Crippen LogP contribution in [-0.2, 0) is 17.6 Å². The Morgan fingerprint density at radius 3 is 1.77 bits per heavy atom. The Balaban J connectivity index is 2.17. The standard InChI is InChI=1S/C16H11F5O/c1-8-2-9(13(18)6-12(8)17)3-11(22)4-10-5-15(20)16(21)7-14(10)19/h2,5-7H,3-4H2,1H3. The minimum atomic E-state index is -1.35. The van der Waals surface area contributed by atoms with Crippen LogP contribution in [0.4, 0.5) is 22.0 Å². The molecule has 0 saturated heterocycles. The summed E-state index contributed by atoms with van der Waals surface area (Å²) in [5.41, 5.74) is -0.182. The molecule has 6 heteroatoms. The Bertz CT molecular complexity index is 678. The van der Waals surface area contributed by atoms with Crippen LogP contribution in [0.1, 0.15) is 16.7 Å². The SMILES string of the molecule is Cc1cc(CC(=O)Cc2cc(F)c(F)cc2F)c(F)cc1F. The van der Waals surface area contributed by atoms with E-state index in [2.05, 4.69) is 0 Å². The van der Waals surface area contributed by atoms with Gasteiger partial charge in [-0.3, -0.25) is 4.79 Å². The molecule has 0 amide bonds. The molecule has 1 nitrogen and oxygen atoms in total. The number of rotatable bonds is 4. The van der Waals surface area contributed by atoms with Crippen molar-refractivity contribution in [1.29, 1.82) is 0 Å². The average Bonchev–Trinajstić information content (AvgIpc) is 2.42. The van der Waals surface area contributed by atoms with Crippen molar-refractivity contribution >= 4 is 5.78 Å². The molecule has 0 bridgehead atoms. The molecule has 0 radical (unpaired) electrons. The molecular formula is C16H11F5O. The van der Waals surface area contributed by atoms with Crippen molar-refractivity contribution in [3.63, 3.8) is 0 Å². The number of hydrogen-bond donors (Lipinski definition) is 0. The molecule has 2 aromatic carbocycles. The fraction of sp³-hybridized carbons (Fsp3) is 0.188. The number of ketones is 1. The lowest BCUT2D eigenvalue weighted by Gasteiger charge is -2.07. The molecule has 0 heterocycles. The van der Waals surface area contributed by atoms with Gasteiger partial charge in [0.2, 0.25) is 0 Å². The Morgan fingerprint density at radius 1 is 0.727 bits per heavy atom. The van der Waals surface area contributed by atoms with Crippen molar-refractivity contribution in [2.45, 2.75) is 19.8 Å². The smallest absolute Gasteiger partial charge is 0.161 e. The zero-order valence-corrected chi connectivity index (χ0v) is 11.5. The van der Waals surface area contributed by atoms with Gasteiger partial charge in [0.05, 0.1) is 0 Å². The molecule has 0 saturated carbocycles. The van der Waals surface area contributed by atoms with E-state index in [4.69, 9.17) is 0 Å². The fourth-order valence-electron chi connectivity index (χ4n) is 2.04. The Labute approximate surface area is 123 Å². The first-order valence-electron chi connectivity index (χ1n) is 6.37. The van der Waals surface area contributed by atoms with E-state index < -0.39 is 47.7 Å². The summed E-state index contributed by atoms with van der Waals surface area (Å²) >= 11 is 0. The van der Waals surface area contributed by atoms with Crippen molar-refractivity contribution in [3.05, 3.63) is 70.0 Å². The van der Waals surface area contributed by atoms with Gasteiger partial charge in [0, 0.05) is 25.0 Å². The van der Waals surface area contributed by atoms with Crippen molar-refractivity contribution in [3.8, 4) is 0 Å². The molecule has 0 aromatic heterocycles. The molecular weight excluding hydrogens is 303 g/mol.